The van der Waals surface area contributed by atoms with Gasteiger partial charge < -0.3 is 10.0 Å². The lowest BCUT2D eigenvalue weighted by molar-refractivity contribution is 0.0697. The monoisotopic (exact) mass is 263 g/mol. The molecule has 98 valence electrons. The van der Waals surface area contributed by atoms with Gasteiger partial charge in [0.1, 0.15) is 11.6 Å². The summed E-state index contributed by atoms with van der Waals surface area (Å²) in [5.41, 5.74) is -0.277. The Balaban J connectivity index is 2.59. The Bertz CT molecular complexity index is 629. The third-order valence-electron chi connectivity index (χ3n) is 2.77. The van der Waals surface area contributed by atoms with Gasteiger partial charge in [-0.25, -0.2) is 13.6 Å². The highest BCUT2D eigenvalue weighted by molar-refractivity contribution is 5.95. The van der Waals surface area contributed by atoms with Crippen molar-refractivity contribution in [1.82, 2.24) is 0 Å². The molecule has 0 radical (unpaired) electrons. The van der Waals surface area contributed by atoms with Gasteiger partial charge in [-0.1, -0.05) is 18.2 Å². The normalized spacial score (nSPS) is 10.3. The molecule has 0 aliphatic heterocycles. The van der Waals surface area contributed by atoms with Gasteiger partial charge in [0, 0.05) is 7.05 Å². The number of nitrogens with zero attached hydrogens (tertiary/aromatic N) is 1. The van der Waals surface area contributed by atoms with Crippen LogP contribution in [0.25, 0.3) is 0 Å². The quantitative estimate of drug-likeness (QED) is 0.922. The highest BCUT2D eigenvalue weighted by atomic mass is 19.1. The van der Waals surface area contributed by atoms with E-state index in [4.69, 9.17) is 5.11 Å². The van der Waals surface area contributed by atoms with Crippen LogP contribution in [0.4, 0.5) is 20.2 Å². The van der Waals surface area contributed by atoms with E-state index in [1.165, 1.54) is 42.3 Å². The average Bonchev–Trinajstić information content (AvgIpc) is 2.38. The molecular weight excluding hydrogens is 252 g/mol. The molecule has 5 heteroatoms. The van der Waals surface area contributed by atoms with Gasteiger partial charge in [-0.3, -0.25) is 0 Å². The van der Waals surface area contributed by atoms with Gasteiger partial charge in [0.15, 0.2) is 0 Å². The number of aromatic carboxylic acids is 1. The number of hydrogen-bond donors (Lipinski definition) is 1. The van der Waals surface area contributed by atoms with Crippen LogP contribution >= 0.6 is 0 Å². The molecule has 2 aromatic rings. The fourth-order valence-corrected chi connectivity index (χ4v) is 1.87. The van der Waals surface area contributed by atoms with Crippen molar-refractivity contribution in [2.75, 3.05) is 11.9 Å². The van der Waals surface area contributed by atoms with Crippen LogP contribution in [0.15, 0.2) is 42.5 Å². The lowest BCUT2D eigenvalue weighted by atomic mass is 10.1. The van der Waals surface area contributed by atoms with E-state index in [0.29, 0.717) is 0 Å². The first-order valence-corrected chi connectivity index (χ1v) is 5.52. The van der Waals surface area contributed by atoms with Crippen molar-refractivity contribution in [1.29, 1.82) is 0 Å². The van der Waals surface area contributed by atoms with Crippen LogP contribution in [-0.4, -0.2) is 18.1 Å². The first kappa shape index (κ1) is 13.0. The predicted octanol–water partition coefficient (Wildman–Crippen LogP) is 3.43. The highest BCUT2D eigenvalue weighted by Crippen LogP contribution is 2.31. The second kappa shape index (κ2) is 5.06. The lowest BCUT2D eigenvalue weighted by Crippen LogP contribution is -2.17. The molecule has 0 heterocycles. The molecule has 19 heavy (non-hydrogen) atoms. The largest absolute Gasteiger partial charge is 0.478 e. The maximum absolute atomic E-state index is 13.9. The molecule has 3 nitrogen and oxygen atoms in total. The van der Waals surface area contributed by atoms with Crippen LogP contribution < -0.4 is 4.90 Å². The summed E-state index contributed by atoms with van der Waals surface area (Å²) in [5, 5.41) is 9.07. The van der Waals surface area contributed by atoms with Crippen molar-refractivity contribution < 1.29 is 18.7 Å². The summed E-state index contributed by atoms with van der Waals surface area (Å²) < 4.78 is 27.5. The van der Waals surface area contributed by atoms with Crippen molar-refractivity contribution in [3.05, 3.63) is 59.7 Å². The molecule has 0 aliphatic rings. The van der Waals surface area contributed by atoms with Gasteiger partial charge in [-0.2, -0.15) is 0 Å². The highest BCUT2D eigenvalue weighted by Gasteiger charge is 2.20. The van der Waals surface area contributed by atoms with E-state index in [-0.39, 0.29) is 16.9 Å². The molecular formula is C14H11F2NO2. The first-order chi connectivity index (χ1) is 9.02. The Morgan fingerprint density at radius 2 is 1.68 bits per heavy atom. The topological polar surface area (TPSA) is 40.5 Å². The molecule has 0 fully saturated rings. The van der Waals surface area contributed by atoms with Crippen molar-refractivity contribution in [2.45, 2.75) is 0 Å². The van der Waals surface area contributed by atoms with Crippen molar-refractivity contribution in [3.63, 3.8) is 0 Å². The average molecular weight is 263 g/mol. The second-order valence-corrected chi connectivity index (χ2v) is 3.95. The fourth-order valence-electron chi connectivity index (χ4n) is 1.87. The van der Waals surface area contributed by atoms with E-state index in [0.717, 1.165) is 6.07 Å². The molecule has 0 aromatic heterocycles. The predicted molar refractivity (Wildman–Crippen MR) is 67.8 cm³/mol. The minimum Gasteiger partial charge on any atom is -0.478 e. The number of benzene rings is 2. The number of para-hydroxylation sites is 2. The van der Waals surface area contributed by atoms with Gasteiger partial charge in [0.25, 0.3) is 0 Å². The lowest BCUT2D eigenvalue weighted by Gasteiger charge is -2.22. The fraction of sp³-hybridized carbons (Fsp3) is 0.0714. The van der Waals surface area contributed by atoms with Gasteiger partial charge in [-0.15, -0.1) is 0 Å². The SMILES string of the molecule is CN(c1ccccc1F)c1c(F)cccc1C(=O)O. The maximum atomic E-state index is 13.9. The summed E-state index contributed by atoms with van der Waals surface area (Å²) in [7, 11) is 1.42. The Morgan fingerprint density at radius 1 is 1.05 bits per heavy atom. The first-order valence-electron chi connectivity index (χ1n) is 5.52. The van der Waals surface area contributed by atoms with Gasteiger partial charge >= 0.3 is 5.97 Å². The summed E-state index contributed by atoms with van der Waals surface area (Å²) in [6, 6.07) is 9.50. The number of rotatable bonds is 3. The van der Waals surface area contributed by atoms with E-state index in [1.807, 2.05) is 0 Å². The van der Waals surface area contributed by atoms with E-state index in [9.17, 15) is 13.6 Å². The molecule has 0 aliphatic carbocycles. The summed E-state index contributed by atoms with van der Waals surface area (Å²) >= 11 is 0. The molecule has 0 atom stereocenters. The molecule has 0 bridgehead atoms. The number of hydrogen-bond acceptors (Lipinski definition) is 2. The minimum atomic E-state index is -1.27. The summed E-state index contributed by atoms with van der Waals surface area (Å²) in [6.07, 6.45) is 0. The van der Waals surface area contributed by atoms with Crippen LogP contribution in [0.2, 0.25) is 0 Å². The number of carbonyl (C=O) groups is 1. The zero-order valence-electron chi connectivity index (χ0n) is 10.1. The maximum Gasteiger partial charge on any atom is 0.337 e. The molecule has 0 unspecified atom stereocenters. The van der Waals surface area contributed by atoms with Crippen molar-refractivity contribution in [2.24, 2.45) is 0 Å². The smallest absolute Gasteiger partial charge is 0.337 e. The van der Waals surface area contributed by atoms with E-state index in [1.54, 1.807) is 6.07 Å². The second-order valence-electron chi connectivity index (χ2n) is 3.95. The molecule has 0 spiro atoms. The Labute approximate surface area is 108 Å². The standard InChI is InChI=1S/C14H11F2NO2/c1-17(12-8-3-2-6-10(12)15)13-9(14(18)19)5-4-7-11(13)16/h2-8H,1H3,(H,18,19). The van der Waals surface area contributed by atoms with Crippen LogP contribution in [-0.2, 0) is 0 Å². The minimum absolute atomic E-state index is 0.107. The molecule has 2 rings (SSSR count). The number of anilines is 2. The van der Waals surface area contributed by atoms with E-state index in [2.05, 4.69) is 0 Å². The van der Waals surface area contributed by atoms with Crippen LogP contribution in [0.1, 0.15) is 10.4 Å². The zero-order chi connectivity index (χ0) is 14.0. The Morgan fingerprint density at radius 3 is 2.32 bits per heavy atom. The van der Waals surface area contributed by atoms with Gasteiger partial charge in [0.05, 0.1) is 16.9 Å². The zero-order valence-corrected chi connectivity index (χ0v) is 10.1. The third-order valence-corrected chi connectivity index (χ3v) is 2.77. The van der Waals surface area contributed by atoms with E-state index >= 15 is 0 Å². The Kier molecular flexibility index (Phi) is 3.46. The molecule has 0 saturated carbocycles. The number of halogens is 2. The third kappa shape index (κ3) is 2.40. The summed E-state index contributed by atoms with van der Waals surface area (Å²) in [4.78, 5) is 12.3. The van der Waals surface area contributed by atoms with Crippen LogP contribution in [0, 0.1) is 11.6 Å². The van der Waals surface area contributed by atoms with Crippen molar-refractivity contribution >= 4 is 17.3 Å². The molecule has 0 saturated heterocycles. The van der Waals surface area contributed by atoms with Crippen LogP contribution in [0.5, 0.6) is 0 Å². The Hall–Kier alpha value is -2.43. The van der Waals surface area contributed by atoms with Gasteiger partial charge in [0.2, 0.25) is 0 Å². The van der Waals surface area contributed by atoms with Crippen LogP contribution in [0.3, 0.4) is 0 Å². The van der Waals surface area contributed by atoms with Crippen molar-refractivity contribution in [3.8, 4) is 0 Å². The molecule has 1 N–H and O–H groups in total. The van der Waals surface area contributed by atoms with E-state index < -0.39 is 17.6 Å². The number of carboxylic acid groups (broad SMARTS) is 1. The summed E-state index contributed by atoms with van der Waals surface area (Å²) in [6.45, 7) is 0. The summed E-state index contributed by atoms with van der Waals surface area (Å²) in [5.74, 6) is -2.53. The number of carboxylic acids is 1. The van der Waals surface area contributed by atoms with Gasteiger partial charge in [-0.05, 0) is 24.3 Å². The molecule has 0 amide bonds. The molecule has 2 aromatic carbocycles.